The van der Waals surface area contributed by atoms with Crippen molar-refractivity contribution >= 4 is 5.91 Å². The van der Waals surface area contributed by atoms with Crippen LogP contribution in [0.2, 0.25) is 0 Å². The van der Waals surface area contributed by atoms with Gasteiger partial charge in [0.05, 0.1) is 6.33 Å². The van der Waals surface area contributed by atoms with Gasteiger partial charge in [-0.05, 0) is 31.6 Å². The Morgan fingerprint density at radius 3 is 2.78 bits per heavy atom. The van der Waals surface area contributed by atoms with Crippen LogP contribution in [-0.2, 0) is 4.79 Å². The van der Waals surface area contributed by atoms with Gasteiger partial charge in [0.15, 0.2) is 0 Å². The van der Waals surface area contributed by atoms with Gasteiger partial charge in [0.2, 0.25) is 5.91 Å². The molecule has 4 heteroatoms. The average Bonchev–Trinajstić information content (AvgIpc) is 3.10. The summed E-state index contributed by atoms with van der Waals surface area (Å²) >= 11 is 0. The van der Waals surface area contributed by atoms with Crippen LogP contribution in [0.25, 0.3) is 0 Å². The standard InChI is InChI=1S/C14H21N3O/c1-12(17-9-7-15-11-17)13(18)16-8-6-14(10-16)4-2-3-5-14/h7,9,11-12H,2-6,8,10H2,1H3. The zero-order valence-electron chi connectivity index (χ0n) is 11.0. The van der Waals surface area contributed by atoms with E-state index in [0.717, 1.165) is 13.1 Å². The fourth-order valence-electron chi connectivity index (χ4n) is 3.55. The normalized spacial score (nSPS) is 23.7. The lowest BCUT2D eigenvalue weighted by Crippen LogP contribution is -2.35. The Morgan fingerprint density at radius 1 is 1.33 bits per heavy atom. The summed E-state index contributed by atoms with van der Waals surface area (Å²) in [7, 11) is 0. The second kappa shape index (κ2) is 4.41. The highest BCUT2D eigenvalue weighted by Crippen LogP contribution is 2.45. The van der Waals surface area contributed by atoms with E-state index in [2.05, 4.69) is 9.88 Å². The molecule has 2 heterocycles. The summed E-state index contributed by atoms with van der Waals surface area (Å²) < 4.78 is 1.89. The van der Waals surface area contributed by atoms with Gasteiger partial charge in [-0.2, -0.15) is 0 Å². The van der Waals surface area contributed by atoms with Crippen LogP contribution in [0.4, 0.5) is 0 Å². The Kier molecular flexibility index (Phi) is 2.88. The molecule has 3 rings (SSSR count). The fourth-order valence-corrected chi connectivity index (χ4v) is 3.55. The van der Waals surface area contributed by atoms with Crippen molar-refractivity contribution in [2.24, 2.45) is 5.41 Å². The van der Waals surface area contributed by atoms with Crippen molar-refractivity contribution < 1.29 is 4.79 Å². The summed E-state index contributed by atoms with van der Waals surface area (Å²) in [6.07, 6.45) is 11.8. The molecule has 4 nitrogen and oxygen atoms in total. The van der Waals surface area contributed by atoms with Crippen LogP contribution in [0, 0.1) is 5.41 Å². The predicted molar refractivity (Wildman–Crippen MR) is 69.0 cm³/mol. The fraction of sp³-hybridized carbons (Fsp3) is 0.714. The van der Waals surface area contributed by atoms with Crippen LogP contribution in [0.5, 0.6) is 0 Å². The van der Waals surface area contributed by atoms with Crippen molar-refractivity contribution in [2.45, 2.75) is 45.1 Å². The third-order valence-corrected chi connectivity index (χ3v) is 4.74. The van der Waals surface area contributed by atoms with E-state index in [-0.39, 0.29) is 11.9 Å². The lowest BCUT2D eigenvalue weighted by molar-refractivity contribution is -0.133. The van der Waals surface area contributed by atoms with Gasteiger partial charge in [0.25, 0.3) is 0 Å². The molecule has 1 aliphatic heterocycles. The second-order valence-electron chi connectivity index (χ2n) is 5.90. The van der Waals surface area contributed by atoms with Crippen molar-refractivity contribution in [1.82, 2.24) is 14.5 Å². The van der Waals surface area contributed by atoms with E-state index in [1.807, 2.05) is 17.7 Å². The Labute approximate surface area is 108 Å². The number of hydrogen-bond donors (Lipinski definition) is 0. The Morgan fingerprint density at radius 2 is 2.11 bits per heavy atom. The molecule has 1 aliphatic carbocycles. The van der Waals surface area contributed by atoms with Gasteiger partial charge in [-0.25, -0.2) is 4.98 Å². The van der Waals surface area contributed by atoms with Crippen molar-refractivity contribution in [3.63, 3.8) is 0 Å². The average molecular weight is 247 g/mol. The smallest absolute Gasteiger partial charge is 0.245 e. The van der Waals surface area contributed by atoms with Gasteiger partial charge >= 0.3 is 0 Å². The maximum atomic E-state index is 12.5. The molecule has 2 aliphatic rings. The Hall–Kier alpha value is -1.32. The summed E-state index contributed by atoms with van der Waals surface area (Å²) in [5.41, 5.74) is 0.463. The number of amides is 1. The first-order valence-electron chi connectivity index (χ1n) is 6.96. The molecule has 1 amide bonds. The van der Waals surface area contributed by atoms with Crippen molar-refractivity contribution in [1.29, 1.82) is 0 Å². The molecule has 0 bridgehead atoms. The SMILES string of the molecule is CC(C(=O)N1CCC2(CCCC2)C1)n1ccnc1. The lowest BCUT2D eigenvalue weighted by Gasteiger charge is -2.25. The first-order chi connectivity index (χ1) is 8.70. The van der Waals surface area contributed by atoms with E-state index >= 15 is 0 Å². The van der Waals surface area contributed by atoms with E-state index in [0.29, 0.717) is 5.41 Å². The Bertz CT molecular complexity index is 420. The number of hydrogen-bond acceptors (Lipinski definition) is 2. The topological polar surface area (TPSA) is 38.1 Å². The minimum atomic E-state index is -0.121. The van der Waals surface area contributed by atoms with E-state index in [4.69, 9.17) is 0 Å². The van der Waals surface area contributed by atoms with Crippen LogP contribution < -0.4 is 0 Å². The minimum Gasteiger partial charge on any atom is -0.340 e. The lowest BCUT2D eigenvalue weighted by atomic mass is 9.86. The van der Waals surface area contributed by atoms with Crippen LogP contribution >= 0.6 is 0 Å². The van der Waals surface area contributed by atoms with Crippen molar-refractivity contribution in [2.75, 3.05) is 13.1 Å². The second-order valence-corrected chi connectivity index (χ2v) is 5.90. The van der Waals surface area contributed by atoms with Crippen molar-refractivity contribution in [3.8, 4) is 0 Å². The number of aromatic nitrogens is 2. The number of imidazole rings is 1. The van der Waals surface area contributed by atoms with E-state index < -0.39 is 0 Å². The van der Waals surface area contributed by atoms with Crippen LogP contribution in [0.3, 0.4) is 0 Å². The van der Waals surface area contributed by atoms with Gasteiger partial charge in [-0.3, -0.25) is 4.79 Å². The molecule has 1 aromatic heterocycles. The summed E-state index contributed by atoms with van der Waals surface area (Å²) in [4.78, 5) is 18.5. The van der Waals surface area contributed by atoms with Gasteiger partial charge in [0, 0.05) is 25.5 Å². The molecule has 1 saturated heterocycles. The zero-order chi connectivity index (χ0) is 12.6. The molecule has 1 unspecified atom stereocenters. The minimum absolute atomic E-state index is 0.121. The summed E-state index contributed by atoms with van der Waals surface area (Å²) in [5.74, 6) is 0.247. The third-order valence-electron chi connectivity index (χ3n) is 4.74. The molecule has 98 valence electrons. The van der Waals surface area contributed by atoms with Gasteiger partial charge < -0.3 is 9.47 Å². The molecule has 0 aromatic carbocycles. The molecule has 1 atom stereocenters. The molecular weight excluding hydrogens is 226 g/mol. The molecule has 1 saturated carbocycles. The molecule has 2 fully saturated rings. The molecule has 0 N–H and O–H groups in total. The summed E-state index contributed by atoms with van der Waals surface area (Å²) in [6.45, 7) is 3.88. The first kappa shape index (κ1) is 11.8. The van der Waals surface area contributed by atoms with Gasteiger partial charge in [0.1, 0.15) is 6.04 Å². The molecule has 1 aromatic rings. The number of likely N-dealkylation sites (tertiary alicyclic amines) is 1. The summed E-state index contributed by atoms with van der Waals surface area (Å²) in [5, 5.41) is 0. The largest absolute Gasteiger partial charge is 0.340 e. The maximum Gasteiger partial charge on any atom is 0.245 e. The van der Waals surface area contributed by atoms with Gasteiger partial charge in [-0.15, -0.1) is 0 Å². The first-order valence-corrected chi connectivity index (χ1v) is 6.96. The molecular formula is C14H21N3O. The van der Waals surface area contributed by atoms with Crippen LogP contribution in [0.1, 0.15) is 45.1 Å². The van der Waals surface area contributed by atoms with Crippen LogP contribution in [0.15, 0.2) is 18.7 Å². The number of carbonyl (C=O) groups excluding carboxylic acids is 1. The number of rotatable bonds is 2. The molecule has 0 radical (unpaired) electrons. The number of nitrogens with zero attached hydrogens (tertiary/aromatic N) is 3. The monoisotopic (exact) mass is 247 g/mol. The Balaban J connectivity index is 1.67. The summed E-state index contributed by atoms with van der Waals surface area (Å²) in [6, 6.07) is -0.121. The van der Waals surface area contributed by atoms with Crippen LogP contribution in [-0.4, -0.2) is 33.4 Å². The molecule has 18 heavy (non-hydrogen) atoms. The molecule has 1 spiro atoms. The van der Waals surface area contributed by atoms with E-state index in [1.54, 1.807) is 12.5 Å². The highest BCUT2D eigenvalue weighted by molar-refractivity contribution is 5.80. The number of carbonyl (C=O) groups is 1. The highest BCUT2D eigenvalue weighted by Gasteiger charge is 2.42. The van der Waals surface area contributed by atoms with Gasteiger partial charge in [-0.1, -0.05) is 12.8 Å². The zero-order valence-corrected chi connectivity index (χ0v) is 11.0. The predicted octanol–water partition coefficient (Wildman–Crippen LogP) is 2.24. The van der Waals surface area contributed by atoms with E-state index in [1.165, 1.54) is 32.1 Å². The van der Waals surface area contributed by atoms with E-state index in [9.17, 15) is 4.79 Å². The highest BCUT2D eigenvalue weighted by atomic mass is 16.2. The third kappa shape index (κ3) is 1.93. The van der Waals surface area contributed by atoms with Crippen molar-refractivity contribution in [3.05, 3.63) is 18.7 Å². The quantitative estimate of drug-likeness (QED) is 0.804. The maximum absolute atomic E-state index is 12.5.